The van der Waals surface area contributed by atoms with E-state index in [0.29, 0.717) is 12.1 Å². The molecule has 2 N–H and O–H groups in total. The molecule has 0 saturated heterocycles. The number of hydrogen-bond acceptors (Lipinski definition) is 2. The van der Waals surface area contributed by atoms with Crippen LogP contribution in [0.5, 0.6) is 0 Å². The highest BCUT2D eigenvalue weighted by Crippen LogP contribution is 2.05. The summed E-state index contributed by atoms with van der Waals surface area (Å²) < 4.78 is 0. The van der Waals surface area contributed by atoms with Crippen LogP contribution in [0.4, 0.5) is 0 Å². The quantitative estimate of drug-likeness (QED) is 0.662. The summed E-state index contributed by atoms with van der Waals surface area (Å²) in [5.74, 6) is 0. The summed E-state index contributed by atoms with van der Waals surface area (Å²) in [5.41, 5.74) is 5.70. The van der Waals surface area contributed by atoms with E-state index in [2.05, 4.69) is 32.7 Å². The van der Waals surface area contributed by atoms with E-state index in [1.807, 2.05) is 0 Å². The van der Waals surface area contributed by atoms with Gasteiger partial charge >= 0.3 is 0 Å². The molecule has 0 spiro atoms. The first-order valence-electron chi connectivity index (χ1n) is 5.03. The monoisotopic (exact) mass is 172 g/mol. The van der Waals surface area contributed by atoms with Crippen LogP contribution < -0.4 is 5.73 Å². The van der Waals surface area contributed by atoms with Crippen LogP contribution in [0.3, 0.4) is 0 Å². The van der Waals surface area contributed by atoms with Gasteiger partial charge in [0.05, 0.1) is 0 Å². The maximum Gasteiger partial charge on any atom is 0.00644 e. The molecule has 0 saturated carbocycles. The molecule has 0 aromatic rings. The number of nitrogens with two attached hydrogens (primary N) is 1. The van der Waals surface area contributed by atoms with Gasteiger partial charge in [0, 0.05) is 12.1 Å². The summed E-state index contributed by atoms with van der Waals surface area (Å²) in [6, 6.07) is 1.03. The first kappa shape index (κ1) is 11.9. The van der Waals surface area contributed by atoms with Crippen molar-refractivity contribution >= 4 is 0 Å². The second-order valence-corrected chi connectivity index (χ2v) is 3.88. The molecule has 0 amide bonds. The summed E-state index contributed by atoms with van der Waals surface area (Å²) in [4.78, 5) is 2.41. The molecular formula is C10H24N2. The second kappa shape index (κ2) is 6.44. The van der Waals surface area contributed by atoms with Crippen LogP contribution in [0.25, 0.3) is 0 Å². The molecule has 2 atom stereocenters. The summed E-state index contributed by atoms with van der Waals surface area (Å²) in [6.07, 6.45) is 3.59. The zero-order chi connectivity index (χ0) is 9.56. The van der Waals surface area contributed by atoms with Gasteiger partial charge in [0.1, 0.15) is 0 Å². The standard InChI is InChI=1S/C10H24N2/c1-5-8-12(4)10(3)7-6-9(2)11/h9-10H,5-8,11H2,1-4H3/t9-,10-/m1/s1. The molecule has 0 fully saturated rings. The molecule has 0 aliphatic rings. The van der Waals surface area contributed by atoms with Gasteiger partial charge in [0.2, 0.25) is 0 Å². The molecule has 2 heteroatoms. The van der Waals surface area contributed by atoms with E-state index in [-0.39, 0.29) is 0 Å². The van der Waals surface area contributed by atoms with E-state index in [1.54, 1.807) is 0 Å². The van der Waals surface area contributed by atoms with Crippen LogP contribution in [0.2, 0.25) is 0 Å². The molecule has 0 radical (unpaired) electrons. The first-order chi connectivity index (χ1) is 5.57. The van der Waals surface area contributed by atoms with Crippen molar-refractivity contribution in [1.29, 1.82) is 0 Å². The van der Waals surface area contributed by atoms with Crippen molar-refractivity contribution in [1.82, 2.24) is 4.90 Å². The zero-order valence-corrected chi connectivity index (χ0v) is 9.01. The molecule has 0 rings (SSSR count). The van der Waals surface area contributed by atoms with Gasteiger partial charge in [-0.15, -0.1) is 0 Å². The molecule has 0 aromatic carbocycles. The van der Waals surface area contributed by atoms with Crippen molar-refractivity contribution in [2.75, 3.05) is 13.6 Å². The Morgan fingerprint density at radius 2 is 1.83 bits per heavy atom. The summed E-state index contributed by atoms with van der Waals surface area (Å²) >= 11 is 0. The van der Waals surface area contributed by atoms with Gasteiger partial charge in [-0.05, 0) is 46.7 Å². The van der Waals surface area contributed by atoms with Crippen LogP contribution in [-0.4, -0.2) is 30.6 Å². The SMILES string of the molecule is CCCN(C)[C@H](C)CC[C@@H](C)N. The molecule has 0 aromatic heterocycles. The van der Waals surface area contributed by atoms with Crippen LogP contribution in [0, 0.1) is 0 Å². The van der Waals surface area contributed by atoms with E-state index in [0.717, 1.165) is 6.42 Å². The average molecular weight is 172 g/mol. The lowest BCUT2D eigenvalue weighted by molar-refractivity contribution is 0.240. The minimum atomic E-state index is 0.350. The molecular weight excluding hydrogens is 148 g/mol. The summed E-state index contributed by atoms with van der Waals surface area (Å²) in [6.45, 7) is 7.76. The van der Waals surface area contributed by atoms with Crippen LogP contribution in [-0.2, 0) is 0 Å². The predicted molar refractivity (Wildman–Crippen MR) is 55.3 cm³/mol. The fourth-order valence-electron chi connectivity index (χ4n) is 1.30. The van der Waals surface area contributed by atoms with Crippen molar-refractivity contribution in [2.24, 2.45) is 5.73 Å². The van der Waals surface area contributed by atoms with Crippen molar-refractivity contribution < 1.29 is 0 Å². The van der Waals surface area contributed by atoms with Gasteiger partial charge in [-0.25, -0.2) is 0 Å². The van der Waals surface area contributed by atoms with Gasteiger partial charge in [0.25, 0.3) is 0 Å². The first-order valence-corrected chi connectivity index (χ1v) is 5.03. The Kier molecular flexibility index (Phi) is 6.39. The van der Waals surface area contributed by atoms with Gasteiger partial charge in [0.15, 0.2) is 0 Å². The Labute approximate surface area is 77.1 Å². The van der Waals surface area contributed by atoms with E-state index in [9.17, 15) is 0 Å². The molecule has 2 nitrogen and oxygen atoms in total. The van der Waals surface area contributed by atoms with Crippen LogP contribution in [0.15, 0.2) is 0 Å². The maximum absolute atomic E-state index is 5.70. The molecule has 0 bridgehead atoms. The third kappa shape index (κ3) is 5.56. The predicted octanol–water partition coefficient (Wildman–Crippen LogP) is 1.84. The highest BCUT2D eigenvalue weighted by molar-refractivity contribution is 4.65. The largest absolute Gasteiger partial charge is 0.328 e. The number of hydrogen-bond donors (Lipinski definition) is 1. The molecule has 0 aliphatic carbocycles. The third-order valence-corrected chi connectivity index (χ3v) is 2.37. The molecule has 74 valence electrons. The Hall–Kier alpha value is -0.0800. The lowest BCUT2D eigenvalue weighted by Gasteiger charge is -2.24. The lowest BCUT2D eigenvalue weighted by Crippen LogP contribution is -2.31. The van der Waals surface area contributed by atoms with Gasteiger partial charge in [-0.1, -0.05) is 6.92 Å². The van der Waals surface area contributed by atoms with E-state index in [1.165, 1.54) is 19.4 Å². The average Bonchev–Trinajstić information content (AvgIpc) is 2.00. The van der Waals surface area contributed by atoms with Gasteiger partial charge in [-0.2, -0.15) is 0 Å². The van der Waals surface area contributed by atoms with E-state index in [4.69, 9.17) is 5.73 Å². The normalized spacial score (nSPS) is 16.5. The maximum atomic E-state index is 5.70. The van der Waals surface area contributed by atoms with Crippen LogP contribution >= 0.6 is 0 Å². The van der Waals surface area contributed by atoms with Gasteiger partial charge in [-0.3, -0.25) is 0 Å². The fourth-order valence-corrected chi connectivity index (χ4v) is 1.30. The number of nitrogens with zero attached hydrogens (tertiary/aromatic N) is 1. The van der Waals surface area contributed by atoms with Crippen molar-refractivity contribution in [3.63, 3.8) is 0 Å². The molecule has 0 aliphatic heterocycles. The third-order valence-electron chi connectivity index (χ3n) is 2.37. The molecule has 12 heavy (non-hydrogen) atoms. The number of rotatable bonds is 6. The Morgan fingerprint density at radius 1 is 1.25 bits per heavy atom. The smallest absolute Gasteiger partial charge is 0.00644 e. The van der Waals surface area contributed by atoms with Crippen molar-refractivity contribution in [3.05, 3.63) is 0 Å². The van der Waals surface area contributed by atoms with Crippen molar-refractivity contribution in [3.8, 4) is 0 Å². The summed E-state index contributed by atoms with van der Waals surface area (Å²) in [5, 5.41) is 0. The minimum absolute atomic E-state index is 0.350. The van der Waals surface area contributed by atoms with Crippen molar-refractivity contribution in [2.45, 2.75) is 52.1 Å². The van der Waals surface area contributed by atoms with Crippen LogP contribution in [0.1, 0.15) is 40.0 Å². The minimum Gasteiger partial charge on any atom is -0.328 e. The highest BCUT2D eigenvalue weighted by Gasteiger charge is 2.08. The highest BCUT2D eigenvalue weighted by atomic mass is 15.1. The van der Waals surface area contributed by atoms with E-state index >= 15 is 0 Å². The van der Waals surface area contributed by atoms with E-state index < -0.39 is 0 Å². The Bertz CT molecular complexity index is 102. The second-order valence-electron chi connectivity index (χ2n) is 3.88. The lowest BCUT2D eigenvalue weighted by atomic mass is 10.1. The fraction of sp³-hybridized carbons (Fsp3) is 1.00. The Balaban J connectivity index is 3.49. The Morgan fingerprint density at radius 3 is 2.25 bits per heavy atom. The summed E-state index contributed by atoms with van der Waals surface area (Å²) in [7, 11) is 2.19. The zero-order valence-electron chi connectivity index (χ0n) is 9.01. The molecule has 0 unspecified atom stereocenters. The van der Waals surface area contributed by atoms with Gasteiger partial charge < -0.3 is 10.6 Å². The topological polar surface area (TPSA) is 29.3 Å². The molecule has 0 heterocycles.